The molecule has 0 radical (unpaired) electrons. The number of hydrogen-bond acceptors (Lipinski definition) is 7. The van der Waals surface area contributed by atoms with Crippen LogP contribution < -0.4 is 9.04 Å². The molecule has 0 saturated heterocycles. The van der Waals surface area contributed by atoms with Gasteiger partial charge >= 0.3 is 5.97 Å². The molecule has 2 aromatic rings. The largest absolute Gasteiger partial charge is 0.496 e. The average Bonchev–Trinajstić information content (AvgIpc) is 3.26. The number of anilines is 1. The molecule has 33 heavy (non-hydrogen) atoms. The van der Waals surface area contributed by atoms with Crippen LogP contribution in [0.15, 0.2) is 47.4 Å². The van der Waals surface area contributed by atoms with E-state index in [2.05, 4.69) is 0 Å². The molecule has 0 fully saturated rings. The maximum Gasteiger partial charge on any atom is 0.325 e. The smallest absolute Gasteiger partial charge is 0.325 e. The molecule has 2 aromatic carbocycles. The van der Waals surface area contributed by atoms with Crippen molar-refractivity contribution in [3.8, 4) is 5.75 Å². The van der Waals surface area contributed by atoms with Crippen LogP contribution in [-0.4, -0.2) is 72.3 Å². The monoisotopic (exact) mass is 476 g/mol. The molecule has 0 bridgehead atoms. The zero-order valence-corrected chi connectivity index (χ0v) is 19.8. The summed E-state index contributed by atoms with van der Waals surface area (Å²) < 4.78 is 43.6. The summed E-state index contributed by atoms with van der Waals surface area (Å²) in [5.41, 5.74) is 1.61. The Bertz CT molecular complexity index is 1120. The summed E-state index contributed by atoms with van der Waals surface area (Å²) in [4.78, 5) is 26.6. The number of carbonyl (C=O) groups is 2. The first kappa shape index (κ1) is 24.5. The highest BCUT2D eigenvalue weighted by atomic mass is 32.2. The Morgan fingerprint density at radius 3 is 2.58 bits per heavy atom. The molecule has 0 saturated carbocycles. The van der Waals surface area contributed by atoms with E-state index in [1.54, 1.807) is 19.1 Å². The molecule has 0 aromatic heterocycles. The number of para-hydroxylation sites is 1. The molecule has 178 valence electrons. The van der Waals surface area contributed by atoms with Gasteiger partial charge in [0.05, 0.1) is 36.5 Å². The van der Waals surface area contributed by atoms with Gasteiger partial charge in [-0.25, -0.2) is 8.42 Å². The lowest BCUT2D eigenvalue weighted by molar-refractivity contribution is -0.143. The molecular weight excluding hydrogens is 448 g/mol. The lowest BCUT2D eigenvalue weighted by Gasteiger charge is -2.24. The van der Waals surface area contributed by atoms with Crippen molar-refractivity contribution in [2.24, 2.45) is 0 Å². The van der Waals surface area contributed by atoms with Crippen molar-refractivity contribution < 1.29 is 32.2 Å². The van der Waals surface area contributed by atoms with Crippen LogP contribution in [0.25, 0.3) is 0 Å². The summed E-state index contributed by atoms with van der Waals surface area (Å²) in [5, 5.41) is 0. The molecule has 0 spiro atoms. The summed E-state index contributed by atoms with van der Waals surface area (Å²) in [5.74, 6) is -0.929. The van der Waals surface area contributed by atoms with E-state index in [-0.39, 0.29) is 42.5 Å². The number of nitrogens with zero attached hydrogens (tertiary/aromatic N) is 2. The first-order valence-electron chi connectivity index (χ1n) is 10.6. The molecular formula is C23H28N2O7S. The summed E-state index contributed by atoms with van der Waals surface area (Å²) in [6.07, 6.45) is 0.613. The maximum absolute atomic E-state index is 13.4. The van der Waals surface area contributed by atoms with Gasteiger partial charge in [0.25, 0.3) is 15.9 Å². The Morgan fingerprint density at radius 2 is 1.88 bits per heavy atom. The summed E-state index contributed by atoms with van der Waals surface area (Å²) >= 11 is 0. The summed E-state index contributed by atoms with van der Waals surface area (Å²) in [6.45, 7) is 2.19. The fourth-order valence-corrected chi connectivity index (χ4v) is 5.22. The van der Waals surface area contributed by atoms with E-state index >= 15 is 0 Å². The Labute approximate surface area is 193 Å². The topological polar surface area (TPSA) is 102 Å². The van der Waals surface area contributed by atoms with Crippen LogP contribution in [0, 0.1) is 0 Å². The maximum atomic E-state index is 13.4. The minimum absolute atomic E-state index is 0.0338. The number of hydrogen-bond donors (Lipinski definition) is 0. The molecule has 3 rings (SSSR count). The number of methoxy groups -OCH3 is 2. The zero-order valence-electron chi connectivity index (χ0n) is 18.9. The number of carbonyl (C=O) groups excluding carboxylic acids is 2. The first-order valence-corrected chi connectivity index (χ1v) is 12.0. The number of amides is 1. The van der Waals surface area contributed by atoms with Crippen molar-refractivity contribution in [1.29, 1.82) is 0 Å². The number of fused-ring (bicyclic) bond motifs is 1. The first-order chi connectivity index (χ1) is 15.8. The molecule has 1 aliphatic heterocycles. The fourth-order valence-electron chi connectivity index (χ4n) is 3.69. The van der Waals surface area contributed by atoms with E-state index in [4.69, 9.17) is 14.2 Å². The average molecular weight is 477 g/mol. The second-order valence-corrected chi connectivity index (χ2v) is 9.20. The van der Waals surface area contributed by atoms with Gasteiger partial charge < -0.3 is 19.1 Å². The zero-order chi connectivity index (χ0) is 24.0. The van der Waals surface area contributed by atoms with Crippen molar-refractivity contribution >= 4 is 27.6 Å². The van der Waals surface area contributed by atoms with E-state index in [1.165, 1.54) is 41.6 Å². The quantitative estimate of drug-likeness (QED) is 0.484. The molecule has 1 aliphatic rings. The molecule has 10 heteroatoms. The molecule has 1 amide bonds. The third-order valence-corrected chi connectivity index (χ3v) is 7.12. The van der Waals surface area contributed by atoms with Crippen LogP contribution in [0.4, 0.5) is 5.69 Å². The van der Waals surface area contributed by atoms with Gasteiger partial charge in [0.15, 0.2) is 0 Å². The number of esters is 1. The van der Waals surface area contributed by atoms with Gasteiger partial charge in [-0.15, -0.1) is 0 Å². The van der Waals surface area contributed by atoms with Gasteiger partial charge in [-0.2, -0.15) is 0 Å². The predicted molar refractivity (Wildman–Crippen MR) is 122 cm³/mol. The predicted octanol–water partition coefficient (Wildman–Crippen LogP) is 2.10. The highest BCUT2D eigenvalue weighted by molar-refractivity contribution is 7.92. The van der Waals surface area contributed by atoms with Crippen molar-refractivity contribution in [1.82, 2.24) is 4.90 Å². The second kappa shape index (κ2) is 10.7. The van der Waals surface area contributed by atoms with Gasteiger partial charge in [0.1, 0.15) is 12.3 Å². The van der Waals surface area contributed by atoms with Crippen LogP contribution in [0.2, 0.25) is 0 Å². The lowest BCUT2D eigenvalue weighted by Crippen LogP contribution is -2.39. The van der Waals surface area contributed by atoms with Gasteiger partial charge in [-0.1, -0.05) is 18.2 Å². The van der Waals surface area contributed by atoms with Crippen LogP contribution >= 0.6 is 0 Å². The van der Waals surface area contributed by atoms with E-state index in [0.29, 0.717) is 18.7 Å². The number of sulfonamides is 1. The molecule has 1 heterocycles. The van der Waals surface area contributed by atoms with Crippen LogP contribution in [0.3, 0.4) is 0 Å². The van der Waals surface area contributed by atoms with Crippen LogP contribution in [0.5, 0.6) is 5.75 Å². The summed E-state index contributed by atoms with van der Waals surface area (Å²) in [6, 6.07) is 11.5. The van der Waals surface area contributed by atoms with Crippen molar-refractivity contribution in [2.75, 3.05) is 51.4 Å². The van der Waals surface area contributed by atoms with E-state index in [9.17, 15) is 18.0 Å². The lowest BCUT2D eigenvalue weighted by atomic mass is 10.1. The van der Waals surface area contributed by atoms with Gasteiger partial charge in [-0.05, 0) is 43.2 Å². The minimum Gasteiger partial charge on any atom is -0.496 e. The highest BCUT2D eigenvalue weighted by Gasteiger charge is 2.32. The highest BCUT2D eigenvalue weighted by Crippen LogP contribution is 2.34. The number of rotatable bonds is 10. The fraction of sp³-hybridized carbons (Fsp3) is 0.391. The van der Waals surface area contributed by atoms with Crippen molar-refractivity contribution in [3.05, 3.63) is 53.6 Å². The van der Waals surface area contributed by atoms with Gasteiger partial charge in [0.2, 0.25) is 0 Å². The third kappa shape index (κ3) is 5.28. The molecule has 0 N–H and O–H groups in total. The Kier molecular flexibility index (Phi) is 7.93. The van der Waals surface area contributed by atoms with E-state index in [0.717, 1.165) is 5.56 Å². The van der Waals surface area contributed by atoms with Gasteiger partial charge in [-0.3, -0.25) is 13.9 Å². The Morgan fingerprint density at radius 1 is 1.12 bits per heavy atom. The van der Waals surface area contributed by atoms with Crippen molar-refractivity contribution in [2.45, 2.75) is 18.2 Å². The summed E-state index contributed by atoms with van der Waals surface area (Å²) in [7, 11) is -1.05. The van der Waals surface area contributed by atoms with Crippen LogP contribution in [0.1, 0.15) is 22.8 Å². The molecule has 0 aliphatic carbocycles. The second-order valence-electron chi connectivity index (χ2n) is 7.34. The Hall–Kier alpha value is -3.11. The van der Waals surface area contributed by atoms with Gasteiger partial charge in [0, 0.05) is 20.2 Å². The molecule has 0 atom stereocenters. The molecule has 9 nitrogen and oxygen atoms in total. The third-order valence-electron chi connectivity index (χ3n) is 5.31. The number of benzene rings is 2. The van der Waals surface area contributed by atoms with Crippen molar-refractivity contribution in [3.63, 3.8) is 0 Å². The van der Waals surface area contributed by atoms with E-state index in [1.807, 2.05) is 12.1 Å². The Balaban J connectivity index is 1.97. The standard InChI is InChI=1S/C23H28N2O7S/c1-4-32-22(26)16-24(13-14-30-2)23(27)19-15-18(9-10-21(19)31-3)33(28,29)25-12-11-17-7-5-6-8-20(17)25/h5-10,15H,4,11-14,16H2,1-3H3. The van der Waals surface area contributed by atoms with Crippen LogP contribution in [-0.2, 0) is 30.7 Å². The SMILES string of the molecule is CCOC(=O)CN(CCOC)C(=O)c1cc(S(=O)(=O)N2CCc3ccccc32)ccc1OC. The minimum atomic E-state index is -3.92. The normalized spacial score (nSPS) is 12.9. The van der Waals surface area contributed by atoms with E-state index < -0.39 is 21.9 Å². The number of ether oxygens (including phenoxy) is 3. The molecule has 0 unspecified atom stereocenters.